The molecular weight excluding hydrogens is 258 g/mol. The van der Waals surface area contributed by atoms with E-state index in [4.69, 9.17) is 5.73 Å². The number of aryl methyl sites for hydroxylation is 1. The second-order valence-electron chi connectivity index (χ2n) is 4.94. The lowest BCUT2D eigenvalue weighted by Gasteiger charge is -2.22. The minimum Gasteiger partial charge on any atom is -0.323 e. The van der Waals surface area contributed by atoms with E-state index in [1.54, 1.807) is 11.3 Å². The molecule has 2 N–H and O–H groups in total. The van der Waals surface area contributed by atoms with Crippen molar-refractivity contribution >= 4 is 27.3 Å². The summed E-state index contributed by atoms with van der Waals surface area (Å²) in [5.74, 6) is 0. The van der Waals surface area contributed by atoms with Crippen LogP contribution >= 0.6 is 27.3 Å². The second kappa shape index (κ2) is 4.33. The maximum Gasteiger partial charge on any atom is 0.0406 e. The van der Waals surface area contributed by atoms with Crippen LogP contribution in [0.5, 0.6) is 0 Å². The molecular formula is C11H18BrNS. The average molecular weight is 276 g/mol. The lowest BCUT2D eigenvalue weighted by molar-refractivity contribution is 0.344. The predicted octanol–water partition coefficient (Wildman–Crippen LogP) is 4.26. The van der Waals surface area contributed by atoms with Gasteiger partial charge in [0.2, 0.25) is 0 Å². The standard InChI is InChI=1S/C11H18BrNS/c1-7-5-8(12)10(14-7)9(13)6-11(2,3)4/h5,9H,6,13H2,1-4H3. The molecule has 1 unspecified atom stereocenters. The van der Waals surface area contributed by atoms with Crippen LogP contribution in [0.2, 0.25) is 0 Å². The van der Waals surface area contributed by atoms with E-state index in [0.717, 1.165) is 10.9 Å². The zero-order chi connectivity index (χ0) is 10.9. The summed E-state index contributed by atoms with van der Waals surface area (Å²) in [6.07, 6.45) is 1.02. The fourth-order valence-corrected chi connectivity index (χ4v) is 3.45. The molecule has 1 aromatic rings. The van der Waals surface area contributed by atoms with Crippen LogP contribution < -0.4 is 5.73 Å². The number of thiophene rings is 1. The van der Waals surface area contributed by atoms with Gasteiger partial charge in [-0.2, -0.15) is 0 Å². The van der Waals surface area contributed by atoms with Gasteiger partial charge in [-0.1, -0.05) is 20.8 Å². The van der Waals surface area contributed by atoms with Crippen molar-refractivity contribution in [2.75, 3.05) is 0 Å². The Morgan fingerprint density at radius 3 is 2.43 bits per heavy atom. The van der Waals surface area contributed by atoms with E-state index >= 15 is 0 Å². The van der Waals surface area contributed by atoms with Crippen molar-refractivity contribution in [1.82, 2.24) is 0 Å². The Labute approximate surface area is 98.8 Å². The largest absolute Gasteiger partial charge is 0.323 e. The van der Waals surface area contributed by atoms with Gasteiger partial charge in [0.05, 0.1) is 0 Å². The van der Waals surface area contributed by atoms with Crippen LogP contribution in [0.25, 0.3) is 0 Å². The Bertz CT molecular complexity index is 312. The van der Waals surface area contributed by atoms with Crippen LogP contribution in [0.15, 0.2) is 10.5 Å². The molecule has 0 aliphatic carbocycles. The second-order valence-corrected chi connectivity index (χ2v) is 7.08. The maximum atomic E-state index is 6.18. The van der Waals surface area contributed by atoms with Gasteiger partial charge in [0.15, 0.2) is 0 Å². The normalized spacial score (nSPS) is 14.4. The van der Waals surface area contributed by atoms with E-state index in [0.29, 0.717) is 0 Å². The van der Waals surface area contributed by atoms with Crippen molar-refractivity contribution in [1.29, 1.82) is 0 Å². The molecule has 0 bridgehead atoms. The van der Waals surface area contributed by atoms with Crippen LogP contribution in [0.3, 0.4) is 0 Å². The third kappa shape index (κ3) is 3.37. The van der Waals surface area contributed by atoms with Gasteiger partial charge in [-0.3, -0.25) is 0 Å². The van der Waals surface area contributed by atoms with Gasteiger partial charge in [-0.05, 0) is 40.8 Å². The van der Waals surface area contributed by atoms with E-state index in [1.807, 2.05) is 0 Å². The number of halogens is 1. The van der Waals surface area contributed by atoms with Crippen molar-refractivity contribution in [3.8, 4) is 0 Å². The Morgan fingerprint density at radius 1 is 1.50 bits per heavy atom. The minimum atomic E-state index is 0.156. The van der Waals surface area contributed by atoms with Crippen LogP contribution in [-0.4, -0.2) is 0 Å². The van der Waals surface area contributed by atoms with Crippen molar-refractivity contribution in [3.05, 3.63) is 20.3 Å². The topological polar surface area (TPSA) is 26.0 Å². The Balaban J connectivity index is 2.79. The van der Waals surface area contributed by atoms with Crippen LogP contribution in [0.1, 0.15) is 43.0 Å². The molecule has 1 heterocycles. The summed E-state index contributed by atoms with van der Waals surface area (Å²) in [5, 5.41) is 0. The predicted molar refractivity (Wildman–Crippen MR) is 67.8 cm³/mol. The molecule has 0 fully saturated rings. The van der Waals surface area contributed by atoms with Crippen molar-refractivity contribution in [2.45, 2.75) is 40.2 Å². The number of hydrogen-bond donors (Lipinski definition) is 1. The molecule has 0 aromatic carbocycles. The Hall–Kier alpha value is 0.140. The summed E-state index contributed by atoms with van der Waals surface area (Å²) in [6, 6.07) is 2.30. The third-order valence-corrected chi connectivity index (χ3v) is 4.11. The van der Waals surface area contributed by atoms with Gasteiger partial charge < -0.3 is 5.73 Å². The Kier molecular flexibility index (Phi) is 3.78. The molecule has 1 atom stereocenters. The molecule has 1 nitrogen and oxygen atoms in total. The zero-order valence-corrected chi connectivity index (χ0v) is 11.6. The fourth-order valence-electron chi connectivity index (χ4n) is 1.51. The molecule has 3 heteroatoms. The zero-order valence-electron chi connectivity index (χ0n) is 9.23. The highest BCUT2D eigenvalue weighted by molar-refractivity contribution is 9.10. The summed E-state index contributed by atoms with van der Waals surface area (Å²) < 4.78 is 1.16. The molecule has 0 amide bonds. The van der Waals surface area contributed by atoms with Gasteiger partial charge >= 0.3 is 0 Å². The molecule has 1 aromatic heterocycles. The molecule has 0 saturated carbocycles. The van der Waals surface area contributed by atoms with Crippen LogP contribution in [0, 0.1) is 12.3 Å². The lowest BCUT2D eigenvalue weighted by atomic mass is 9.88. The SMILES string of the molecule is Cc1cc(Br)c(C(N)CC(C)(C)C)s1. The first-order chi connectivity index (χ1) is 6.29. The molecule has 0 aliphatic heterocycles. The summed E-state index contributed by atoms with van der Waals surface area (Å²) in [5.41, 5.74) is 6.46. The van der Waals surface area contributed by atoms with Gasteiger partial charge in [-0.25, -0.2) is 0 Å². The fraction of sp³-hybridized carbons (Fsp3) is 0.636. The van der Waals surface area contributed by atoms with E-state index < -0.39 is 0 Å². The highest BCUT2D eigenvalue weighted by atomic mass is 79.9. The first-order valence-corrected chi connectivity index (χ1v) is 6.42. The average Bonchev–Trinajstić information content (AvgIpc) is 2.26. The van der Waals surface area contributed by atoms with Crippen molar-refractivity contribution in [3.63, 3.8) is 0 Å². The van der Waals surface area contributed by atoms with Crippen LogP contribution in [-0.2, 0) is 0 Å². The van der Waals surface area contributed by atoms with Gasteiger partial charge in [0.1, 0.15) is 0 Å². The van der Waals surface area contributed by atoms with Gasteiger partial charge in [0.25, 0.3) is 0 Å². The third-order valence-electron chi connectivity index (χ3n) is 2.01. The molecule has 1 rings (SSSR count). The summed E-state index contributed by atoms with van der Waals surface area (Å²) in [7, 11) is 0. The van der Waals surface area contributed by atoms with Gasteiger partial charge in [0, 0.05) is 20.3 Å². The van der Waals surface area contributed by atoms with E-state index in [2.05, 4.69) is 49.7 Å². The van der Waals surface area contributed by atoms with E-state index in [-0.39, 0.29) is 11.5 Å². The quantitative estimate of drug-likeness (QED) is 0.858. The lowest BCUT2D eigenvalue weighted by Crippen LogP contribution is -2.18. The van der Waals surface area contributed by atoms with E-state index in [1.165, 1.54) is 9.75 Å². The molecule has 0 spiro atoms. The van der Waals surface area contributed by atoms with Gasteiger partial charge in [-0.15, -0.1) is 11.3 Å². The molecule has 0 aliphatic rings. The molecule has 0 radical (unpaired) electrons. The maximum absolute atomic E-state index is 6.18. The van der Waals surface area contributed by atoms with Crippen LogP contribution in [0.4, 0.5) is 0 Å². The van der Waals surface area contributed by atoms with E-state index in [9.17, 15) is 0 Å². The summed E-state index contributed by atoms with van der Waals surface area (Å²) >= 11 is 5.35. The minimum absolute atomic E-state index is 0.156. The number of hydrogen-bond acceptors (Lipinski definition) is 2. The van der Waals surface area contributed by atoms with Crippen molar-refractivity contribution in [2.24, 2.45) is 11.1 Å². The molecule has 80 valence electrons. The highest BCUT2D eigenvalue weighted by Gasteiger charge is 2.20. The number of rotatable bonds is 2. The number of nitrogens with two attached hydrogens (primary N) is 1. The molecule has 0 saturated heterocycles. The highest BCUT2D eigenvalue weighted by Crippen LogP contribution is 2.36. The first kappa shape index (κ1) is 12.2. The molecule has 14 heavy (non-hydrogen) atoms. The smallest absolute Gasteiger partial charge is 0.0406 e. The monoisotopic (exact) mass is 275 g/mol. The summed E-state index contributed by atoms with van der Waals surface area (Å²) in [6.45, 7) is 8.78. The summed E-state index contributed by atoms with van der Waals surface area (Å²) in [4.78, 5) is 2.59. The Morgan fingerprint density at radius 2 is 2.07 bits per heavy atom. The van der Waals surface area contributed by atoms with Crippen molar-refractivity contribution < 1.29 is 0 Å². The first-order valence-electron chi connectivity index (χ1n) is 4.81.